The van der Waals surface area contributed by atoms with Crippen LogP contribution in [0.3, 0.4) is 0 Å². The molecule has 264 valence electrons. The van der Waals surface area contributed by atoms with E-state index in [9.17, 15) is 18.3 Å². The summed E-state index contributed by atoms with van der Waals surface area (Å²) in [6.07, 6.45) is -0.720. The second-order valence-corrected chi connectivity index (χ2v) is 13.4. The van der Waals surface area contributed by atoms with Crippen LogP contribution in [0.1, 0.15) is 89.8 Å². The van der Waals surface area contributed by atoms with Crippen molar-refractivity contribution < 1.29 is 46.7 Å². The molecule has 11 heteroatoms. The van der Waals surface area contributed by atoms with Crippen molar-refractivity contribution in [2.75, 3.05) is 33.0 Å². The zero-order chi connectivity index (χ0) is 34.3. The molecule has 2 aromatic carbocycles. The van der Waals surface area contributed by atoms with E-state index < -0.39 is 48.1 Å². The van der Waals surface area contributed by atoms with Crippen LogP contribution in [0, 0.1) is 0 Å². The highest BCUT2D eigenvalue weighted by Crippen LogP contribution is 2.56. The van der Waals surface area contributed by atoms with Crippen LogP contribution in [-0.4, -0.2) is 73.8 Å². The fraction of sp³-hybridized carbons (Fsp3) is 0.667. The highest BCUT2D eigenvalue weighted by molar-refractivity contribution is 6.31. The SMILES string of the molecule is CCCCO[C@@H]1[C@@H](OCCCC)[C@@]2(c3ccc(Cl)c(Cc4ccc(OCC(F)(F)F)cc4)c3)OC[C@](C(C)(C)O)(O2)[C@H]1OCCCC. The summed E-state index contributed by atoms with van der Waals surface area (Å²) in [5.74, 6) is -1.32. The molecular formula is C36H50ClF3O7. The van der Waals surface area contributed by atoms with Gasteiger partial charge in [0.25, 0.3) is 0 Å². The van der Waals surface area contributed by atoms with Gasteiger partial charge in [0.1, 0.15) is 24.1 Å². The Kier molecular flexibility index (Phi) is 13.1. The summed E-state index contributed by atoms with van der Waals surface area (Å²) in [4.78, 5) is 0. The van der Waals surface area contributed by atoms with E-state index in [-0.39, 0.29) is 12.4 Å². The standard InChI is InChI=1S/C36H50ClF3O7/c1-6-9-18-42-30-31(43-19-10-7-2)34(33(4,5)41)23-46-36(47-34,32(30)44-20-11-8-3)27-14-17-29(37)26(22-27)21-25-12-15-28(16-13-25)45-24-35(38,39)40/h12-17,22,30-32,41H,6-11,18-21,23-24H2,1-5H3/t30-,31-,32+,34-,36-/m0/s1. The molecule has 0 aromatic heterocycles. The highest BCUT2D eigenvalue weighted by Gasteiger charge is 2.73. The molecule has 2 aliphatic heterocycles. The van der Waals surface area contributed by atoms with Crippen molar-refractivity contribution in [1.29, 1.82) is 0 Å². The lowest BCUT2D eigenvalue weighted by atomic mass is 9.74. The lowest BCUT2D eigenvalue weighted by Crippen LogP contribution is -2.72. The first kappa shape index (κ1) is 37.9. The maximum absolute atomic E-state index is 12.6. The Labute approximate surface area is 282 Å². The molecule has 47 heavy (non-hydrogen) atoms. The lowest BCUT2D eigenvalue weighted by molar-refractivity contribution is -0.365. The van der Waals surface area contributed by atoms with Crippen molar-refractivity contribution in [3.63, 3.8) is 0 Å². The molecule has 0 amide bonds. The van der Waals surface area contributed by atoms with Crippen LogP contribution in [-0.2, 0) is 35.9 Å². The fourth-order valence-electron chi connectivity index (χ4n) is 6.12. The molecule has 5 atom stereocenters. The van der Waals surface area contributed by atoms with Crippen molar-refractivity contribution in [2.24, 2.45) is 0 Å². The average molecular weight is 687 g/mol. The minimum atomic E-state index is -4.42. The molecule has 4 rings (SSSR count). The van der Waals surface area contributed by atoms with Gasteiger partial charge >= 0.3 is 6.18 Å². The van der Waals surface area contributed by atoms with Gasteiger partial charge in [0.2, 0.25) is 5.79 Å². The Balaban J connectivity index is 1.74. The van der Waals surface area contributed by atoms with Crippen LogP contribution >= 0.6 is 11.6 Å². The summed E-state index contributed by atoms with van der Waals surface area (Å²) in [7, 11) is 0. The van der Waals surface area contributed by atoms with Gasteiger partial charge in [-0.05, 0) is 74.9 Å². The molecule has 0 spiro atoms. The van der Waals surface area contributed by atoms with Crippen LogP contribution in [0.5, 0.6) is 5.75 Å². The first-order valence-corrected chi connectivity index (χ1v) is 17.2. The van der Waals surface area contributed by atoms with E-state index in [4.69, 9.17) is 40.0 Å². The zero-order valence-electron chi connectivity index (χ0n) is 28.2. The number of hydrogen-bond donors (Lipinski definition) is 1. The zero-order valence-corrected chi connectivity index (χ0v) is 28.9. The van der Waals surface area contributed by atoms with Crippen molar-refractivity contribution >= 4 is 11.6 Å². The number of rotatable bonds is 18. The average Bonchev–Trinajstić information content (AvgIpc) is 3.39. The van der Waals surface area contributed by atoms with Gasteiger partial charge in [0.15, 0.2) is 12.2 Å². The maximum atomic E-state index is 12.6. The van der Waals surface area contributed by atoms with E-state index in [1.165, 1.54) is 12.1 Å². The quantitative estimate of drug-likeness (QED) is 0.159. The predicted octanol–water partition coefficient (Wildman–Crippen LogP) is 8.15. The largest absolute Gasteiger partial charge is 0.484 e. The Morgan fingerprint density at radius 2 is 1.47 bits per heavy atom. The molecule has 2 saturated heterocycles. The van der Waals surface area contributed by atoms with Gasteiger partial charge < -0.3 is 33.5 Å². The summed E-state index contributed by atoms with van der Waals surface area (Å²) in [6, 6.07) is 12.0. The normalized spacial score (nSPS) is 26.1. The van der Waals surface area contributed by atoms with Crippen molar-refractivity contribution in [1.82, 2.24) is 0 Å². The van der Waals surface area contributed by atoms with Crippen LogP contribution in [0.2, 0.25) is 5.02 Å². The Bertz CT molecular complexity index is 1270. The van der Waals surface area contributed by atoms with Crippen LogP contribution in [0.25, 0.3) is 0 Å². The Morgan fingerprint density at radius 3 is 2.04 bits per heavy atom. The number of halogens is 4. The molecule has 2 bridgehead atoms. The Morgan fingerprint density at radius 1 is 0.872 bits per heavy atom. The number of fused-ring (bicyclic) bond motifs is 2. The van der Waals surface area contributed by atoms with Gasteiger partial charge in [-0.3, -0.25) is 0 Å². The third-order valence-electron chi connectivity index (χ3n) is 8.87. The predicted molar refractivity (Wildman–Crippen MR) is 174 cm³/mol. The Hall–Kier alpha value is -1.92. The van der Waals surface area contributed by atoms with E-state index in [1.54, 1.807) is 32.0 Å². The highest BCUT2D eigenvalue weighted by atomic mass is 35.5. The molecule has 2 heterocycles. The van der Waals surface area contributed by atoms with Crippen molar-refractivity contribution in [3.05, 3.63) is 64.2 Å². The van der Waals surface area contributed by atoms with Gasteiger partial charge in [0.05, 0.1) is 12.2 Å². The first-order chi connectivity index (χ1) is 22.3. The minimum absolute atomic E-state index is 0.0475. The van der Waals surface area contributed by atoms with Gasteiger partial charge in [-0.2, -0.15) is 13.2 Å². The van der Waals surface area contributed by atoms with Crippen LogP contribution in [0.4, 0.5) is 13.2 Å². The van der Waals surface area contributed by atoms with Crippen molar-refractivity contribution in [2.45, 2.75) is 121 Å². The molecular weight excluding hydrogens is 637 g/mol. The number of ether oxygens (including phenoxy) is 6. The summed E-state index contributed by atoms with van der Waals surface area (Å²) in [6.45, 7) is 9.79. The molecule has 2 aliphatic rings. The smallest absolute Gasteiger partial charge is 0.422 e. The lowest BCUT2D eigenvalue weighted by Gasteiger charge is -2.54. The number of unbranched alkanes of at least 4 members (excludes halogenated alkanes) is 3. The summed E-state index contributed by atoms with van der Waals surface area (Å²) < 4.78 is 76.2. The van der Waals surface area contributed by atoms with E-state index in [0.717, 1.165) is 49.7 Å². The second-order valence-electron chi connectivity index (χ2n) is 13.0. The number of benzene rings is 2. The van der Waals surface area contributed by atoms with E-state index in [2.05, 4.69) is 20.8 Å². The molecule has 1 N–H and O–H groups in total. The van der Waals surface area contributed by atoms with Gasteiger partial charge in [-0.25, -0.2) is 0 Å². The minimum Gasteiger partial charge on any atom is -0.484 e. The second kappa shape index (κ2) is 16.2. The molecule has 2 fully saturated rings. The number of alkyl halides is 3. The third kappa shape index (κ3) is 8.82. The topological polar surface area (TPSA) is 75.6 Å². The number of aliphatic hydroxyl groups is 1. The number of hydrogen-bond acceptors (Lipinski definition) is 7. The van der Waals surface area contributed by atoms with E-state index in [0.29, 0.717) is 36.8 Å². The van der Waals surface area contributed by atoms with Gasteiger partial charge in [-0.15, -0.1) is 0 Å². The molecule has 0 aliphatic carbocycles. The van der Waals surface area contributed by atoms with Crippen molar-refractivity contribution in [3.8, 4) is 5.75 Å². The summed E-state index contributed by atoms with van der Waals surface area (Å²) in [5.41, 5.74) is -0.408. The molecule has 2 aromatic rings. The molecule has 0 unspecified atom stereocenters. The molecule has 7 nitrogen and oxygen atoms in total. The van der Waals surface area contributed by atoms with Crippen LogP contribution < -0.4 is 4.74 Å². The van der Waals surface area contributed by atoms with Crippen LogP contribution in [0.15, 0.2) is 42.5 Å². The third-order valence-corrected chi connectivity index (χ3v) is 9.24. The van der Waals surface area contributed by atoms with Gasteiger partial charge in [-0.1, -0.05) is 69.8 Å². The fourth-order valence-corrected chi connectivity index (χ4v) is 6.30. The van der Waals surface area contributed by atoms with Gasteiger partial charge in [0, 0.05) is 30.4 Å². The first-order valence-electron chi connectivity index (χ1n) is 16.8. The monoisotopic (exact) mass is 686 g/mol. The summed E-state index contributed by atoms with van der Waals surface area (Å²) >= 11 is 6.71. The maximum Gasteiger partial charge on any atom is 0.422 e. The molecule has 0 radical (unpaired) electrons. The van der Waals surface area contributed by atoms with E-state index in [1.807, 2.05) is 12.1 Å². The molecule has 0 saturated carbocycles. The van der Waals surface area contributed by atoms with E-state index >= 15 is 0 Å². The summed E-state index contributed by atoms with van der Waals surface area (Å²) in [5, 5.41) is 12.2.